The van der Waals surface area contributed by atoms with Gasteiger partial charge in [-0.1, -0.05) is 62.7 Å². The van der Waals surface area contributed by atoms with E-state index in [9.17, 15) is 26.3 Å². The predicted octanol–water partition coefficient (Wildman–Crippen LogP) is 16.2. The molecule has 13 heteroatoms. The summed E-state index contributed by atoms with van der Waals surface area (Å²) in [6, 6.07) is 40.2. The minimum Gasteiger partial charge on any atom is 2.00 e. The molecule has 1 aliphatic rings. The Bertz CT molecular complexity index is 3450. The minimum absolute atomic E-state index is 0. The Hall–Kier alpha value is -6.43. The second kappa shape index (κ2) is 24.7. The Morgan fingerprint density at radius 2 is 1.05 bits per heavy atom. The van der Waals surface area contributed by atoms with Crippen molar-refractivity contribution in [2.45, 2.75) is 54.0 Å². The third-order valence-corrected chi connectivity index (χ3v) is 15.0. The summed E-state index contributed by atoms with van der Waals surface area (Å²) in [6.07, 6.45) is 6.10. The summed E-state index contributed by atoms with van der Waals surface area (Å²) in [5, 5.41) is 3.65. The van der Waals surface area contributed by atoms with Crippen LogP contribution < -0.4 is 5.19 Å². The first-order valence-electron chi connectivity index (χ1n) is 23.2. The molecule has 74 heavy (non-hydrogen) atoms. The van der Waals surface area contributed by atoms with Crippen LogP contribution in [-0.2, 0) is 32.6 Å². The Morgan fingerprint density at radius 3 is 1.55 bits per heavy atom. The number of fused-ring (bicyclic) bond motifs is 2. The molecule has 0 saturated heterocycles. The second-order valence-corrected chi connectivity index (χ2v) is 19.5. The third kappa shape index (κ3) is 11.3. The fourth-order valence-corrected chi connectivity index (χ4v) is 10.1. The summed E-state index contributed by atoms with van der Waals surface area (Å²) in [5.74, 6) is -22.6. The van der Waals surface area contributed by atoms with Gasteiger partial charge in [-0.15, -0.1) is 48.4 Å². The van der Waals surface area contributed by atoms with Gasteiger partial charge in [0, 0.05) is 0 Å². The first-order chi connectivity index (χ1) is 35.0. The van der Waals surface area contributed by atoms with Gasteiger partial charge in [0.15, 0.2) is 0 Å². The molecule has 9 rings (SSSR count). The summed E-state index contributed by atoms with van der Waals surface area (Å²) >= 11 is 0. The molecule has 8 aromatic rings. The number of benzene rings is 7. The first kappa shape index (κ1) is 56.9. The van der Waals surface area contributed by atoms with Crippen LogP contribution in [0.3, 0.4) is 0 Å². The van der Waals surface area contributed by atoms with E-state index in [1.165, 1.54) is 62.9 Å². The molecule has 0 fully saturated rings. The molecule has 0 amide bonds. The van der Waals surface area contributed by atoms with Gasteiger partial charge in [-0.2, -0.15) is 12.1 Å². The van der Waals surface area contributed by atoms with Crippen molar-refractivity contribution in [2.24, 2.45) is 0 Å². The summed E-state index contributed by atoms with van der Waals surface area (Å²) in [4.78, 5) is 0. The molecule has 0 heterocycles. The van der Waals surface area contributed by atoms with Gasteiger partial charge in [-0.3, -0.25) is 6.08 Å². The fourth-order valence-electron chi connectivity index (χ4n) is 8.66. The molecule has 0 saturated carbocycles. The van der Waals surface area contributed by atoms with E-state index in [0.717, 1.165) is 23.7 Å². The van der Waals surface area contributed by atoms with Crippen LogP contribution in [0.15, 0.2) is 156 Å². The molecule has 0 bridgehead atoms. The van der Waals surface area contributed by atoms with Crippen molar-refractivity contribution in [2.75, 3.05) is 0 Å². The zero-order valence-electron chi connectivity index (χ0n) is 41.1. The normalized spacial score (nSPS) is 12.5. The smallest absolute Gasteiger partial charge is 2.00 e. The van der Waals surface area contributed by atoms with Gasteiger partial charge in [-0.25, -0.2) is 11.1 Å². The van der Waals surface area contributed by atoms with Gasteiger partial charge in [0.05, 0.1) is 0 Å². The summed E-state index contributed by atoms with van der Waals surface area (Å²) < 4.78 is 149. The van der Waals surface area contributed by atoms with Crippen LogP contribution in [0.1, 0.15) is 63.3 Å². The summed E-state index contributed by atoms with van der Waals surface area (Å²) in [5.41, 5.74) is 3.63. The van der Waals surface area contributed by atoms with Gasteiger partial charge < -0.3 is 0 Å². The Morgan fingerprint density at radius 1 is 0.568 bits per heavy atom. The van der Waals surface area contributed by atoms with Gasteiger partial charge >= 0.3 is 296 Å². The maximum absolute atomic E-state index is 15.7. The largest absolute Gasteiger partial charge is 2.00 e. The number of halogens is 10. The molecular formula is C61H46BF10SiZr. The molecule has 0 N–H and O–H groups in total. The standard InChI is InChI=1S/C36H18BF10Si.C17H15.C8H13.Zr/c1-48(17-10-6-3-7-11-17)15-14-20-23(25-29(40)33(44)36(47)34(45)30(25)41)22-19(26(20)37)13-12-18(21(22)16-8-4-2-5-9-16)24-27(38)31(42)35(46)32(43)28(24)39;1-2-13-11-15-9-6-10-16(17(15)12-13)14-7-4-3-5-8-14;1-5-7(3)8(4)6-2;/h2-13,15H,14H2,1H3;3-12H,2H2,1H3;5H,1-4H3;/q;2*-1;+2. The van der Waals surface area contributed by atoms with Crippen molar-refractivity contribution >= 4 is 48.6 Å². The quantitative estimate of drug-likeness (QED) is 0.0337. The van der Waals surface area contributed by atoms with Gasteiger partial charge in [0.2, 0.25) is 0 Å². The van der Waals surface area contributed by atoms with E-state index in [2.05, 4.69) is 93.6 Å². The molecule has 0 unspecified atom stereocenters. The van der Waals surface area contributed by atoms with Crippen molar-refractivity contribution in [1.29, 1.82) is 0 Å². The SMILES string of the molecule is CCc1cc2c(-c3ccccc3)cccc2[cH-]1.C[C-]=C(C)C(C)=CC.[B]=C1C(CC=[Si](C)c2ccccc2)=C(c2c(F)c(F)c(F)c(F)c2F)c2c1ccc(-c1c(F)c(F)c(F)c(F)c1F)c2-c1ccccc1.[Zr+2]. The van der Waals surface area contributed by atoms with E-state index >= 15 is 17.6 Å². The topological polar surface area (TPSA) is 0 Å². The Kier molecular flexibility index (Phi) is 19.0. The molecular weight excluding hydrogens is 1050 g/mol. The van der Waals surface area contributed by atoms with Crippen LogP contribution in [0, 0.1) is 64.2 Å². The molecule has 1 aliphatic carbocycles. The van der Waals surface area contributed by atoms with Gasteiger partial charge in [0.1, 0.15) is 0 Å². The predicted molar refractivity (Wildman–Crippen MR) is 279 cm³/mol. The summed E-state index contributed by atoms with van der Waals surface area (Å²) in [7, 11) is 5.05. The minimum atomic E-state index is -2.42. The number of hydrogen-bond donors (Lipinski definition) is 0. The second-order valence-electron chi connectivity index (χ2n) is 17.1. The fraction of sp³-hybridized carbons (Fsp3) is 0.131. The van der Waals surface area contributed by atoms with Crippen LogP contribution in [0.25, 0.3) is 49.7 Å². The van der Waals surface area contributed by atoms with Crippen molar-refractivity contribution in [1.82, 2.24) is 0 Å². The van der Waals surface area contributed by atoms with Crippen molar-refractivity contribution in [3.63, 3.8) is 0 Å². The average Bonchev–Trinajstić information content (AvgIpc) is 3.98. The van der Waals surface area contributed by atoms with Crippen molar-refractivity contribution < 1.29 is 70.1 Å². The maximum Gasteiger partial charge on any atom is 2.00 e. The van der Waals surface area contributed by atoms with Crippen LogP contribution in [0.5, 0.6) is 0 Å². The number of aryl methyl sites for hydroxylation is 1. The van der Waals surface area contributed by atoms with Gasteiger partial charge in [0.25, 0.3) is 0 Å². The van der Waals surface area contributed by atoms with Crippen LogP contribution in [0.4, 0.5) is 43.9 Å². The van der Waals surface area contributed by atoms with E-state index < -0.39 is 88.8 Å². The van der Waals surface area contributed by atoms with E-state index in [1.807, 2.05) is 32.5 Å². The first-order valence-corrected chi connectivity index (χ1v) is 25.3. The van der Waals surface area contributed by atoms with Crippen LogP contribution in [0.2, 0.25) is 6.55 Å². The molecule has 0 atom stereocenters. The molecule has 0 aliphatic heterocycles. The van der Waals surface area contributed by atoms with Crippen LogP contribution in [-0.4, -0.2) is 27.0 Å². The molecule has 0 aromatic heterocycles. The van der Waals surface area contributed by atoms with E-state index in [1.54, 1.807) is 29.9 Å². The molecule has 8 aromatic carbocycles. The van der Waals surface area contributed by atoms with Crippen LogP contribution >= 0.6 is 0 Å². The zero-order valence-corrected chi connectivity index (χ0v) is 44.6. The van der Waals surface area contributed by atoms with Crippen molar-refractivity contribution in [3.05, 3.63) is 243 Å². The Labute approximate surface area is 446 Å². The van der Waals surface area contributed by atoms with E-state index in [-0.39, 0.29) is 65.9 Å². The van der Waals surface area contributed by atoms with E-state index in [0.29, 0.717) is 0 Å². The maximum atomic E-state index is 15.7. The summed E-state index contributed by atoms with van der Waals surface area (Å²) in [6.45, 7) is 12.2. The number of allylic oxidation sites excluding steroid dienone is 5. The molecule has 0 nitrogen and oxygen atoms in total. The average molecular weight is 1100 g/mol. The zero-order chi connectivity index (χ0) is 52.8. The molecule has 371 valence electrons. The number of hydrogen-bond acceptors (Lipinski definition) is 0. The third-order valence-electron chi connectivity index (χ3n) is 12.9. The van der Waals surface area contributed by atoms with Crippen molar-refractivity contribution in [3.8, 4) is 33.4 Å². The van der Waals surface area contributed by atoms with Gasteiger partial charge in [-0.05, 0) is 12.0 Å². The Balaban J connectivity index is 0.000000280. The van der Waals surface area contributed by atoms with E-state index in [4.69, 9.17) is 7.49 Å². The monoisotopic (exact) mass is 1100 g/mol. The molecule has 1 radical (unpaired) electrons. The number of rotatable bonds is 9. The molecule has 0 spiro atoms.